The Bertz CT molecular complexity index is 1560. The minimum atomic E-state index is -3.80. The van der Waals surface area contributed by atoms with Crippen molar-refractivity contribution in [1.82, 2.24) is 9.97 Å². The number of ether oxygens (including phenoxy) is 3. The molecule has 1 aliphatic rings. The molecule has 5 rings (SSSR count). The van der Waals surface area contributed by atoms with Gasteiger partial charge in [0.25, 0.3) is 0 Å². The molecular weight excluding hydrogens is 530 g/mol. The Kier molecular flexibility index (Phi) is 8.53. The number of hydrogen-bond acceptors (Lipinski definition) is 8. The van der Waals surface area contributed by atoms with Gasteiger partial charge in [0, 0.05) is 44.3 Å². The van der Waals surface area contributed by atoms with E-state index in [0.717, 1.165) is 29.8 Å². The van der Waals surface area contributed by atoms with Gasteiger partial charge in [0.2, 0.25) is 15.9 Å². The summed E-state index contributed by atoms with van der Waals surface area (Å²) < 4.78 is 46.6. The maximum atomic E-state index is 11.7. The van der Waals surface area contributed by atoms with E-state index in [0.29, 0.717) is 49.3 Å². The van der Waals surface area contributed by atoms with Crippen LogP contribution >= 0.6 is 0 Å². The quantitative estimate of drug-likeness (QED) is 0.270. The molecule has 208 valence electrons. The van der Waals surface area contributed by atoms with Gasteiger partial charge in [-0.1, -0.05) is 42.5 Å². The molecule has 1 fully saturated rings. The molecule has 0 radical (unpaired) electrons. The highest BCUT2D eigenvalue weighted by Gasteiger charge is 2.35. The van der Waals surface area contributed by atoms with Crippen LogP contribution < -0.4 is 5.14 Å². The fraction of sp³-hybridized carbons (Fsp3) is 0.267. The first-order valence-electron chi connectivity index (χ1n) is 12.9. The van der Waals surface area contributed by atoms with E-state index in [9.17, 15) is 8.42 Å². The Morgan fingerprint density at radius 2 is 1.70 bits per heavy atom. The fourth-order valence-corrected chi connectivity index (χ4v) is 5.17. The van der Waals surface area contributed by atoms with Crippen molar-refractivity contribution in [2.75, 3.05) is 26.9 Å². The largest absolute Gasteiger partial charge is 0.436 e. The van der Waals surface area contributed by atoms with Gasteiger partial charge < -0.3 is 18.6 Å². The van der Waals surface area contributed by atoms with Crippen LogP contribution in [0.15, 0.2) is 88.2 Å². The third kappa shape index (κ3) is 6.38. The molecule has 4 aromatic rings. The van der Waals surface area contributed by atoms with Crippen LogP contribution in [0, 0.1) is 0 Å². The molecule has 2 N–H and O–H groups in total. The van der Waals surface area contributed by atoms with E-state index in [1.165, 1.54) is 12.1 Å². The minimum absolute atomic E-state index is 0.0273. The molecule has 10 heteroatoms. The maximum Gasteiger partial charge on any atom is 0.238 e. The van der Waals surface area contributed by atoms with Crippen LogP contribution in [0.3, 0.4) is 0 Å². The number of methoxy groups -OCH3 is 1. The Labute approximate surface area is 233 Å². The zero-order chi connectivity index (χ0) is 28.0. The van der Waals surface area contributed by atoms with Crippen molar-refractivity contribution in [3.63, 3.8) is 0 Å². The lowest BCUT2D eigenvalue weighted by molar-refractivity contribution is -0.0974. The molecule has 9 nitrogen and oxygen atoms in total. The maximum absolute atomic E-state index is 11.7. The number of nitrogens with two attached hydrogens (primary N) is 1. The lowest BCUT2D eigenvalue weighted by Gasteiger charge is -2.35. The summed E-state index contributed by atoms with van der Waals surface area (Å²) in [5.41, 5.74) is 3.49. The van der Waals surface area contributed by atoms with E-state index in [2.05, 4.69) is 4.98 Å². The van der Waals surface area contributed by atoms with Crippen LogP contribution in [-0.4, -0.2) is 45.3 Å². The van der Waals surface area contributed by atoms with Crippen LogP contribution in [0.25, 0.3) is 28.7 Å². The van der Waals surface area contributed by atoms with E-state index in [-0.39, 0.29) is 4.90 Å². The van der Waals surface area contributed by atoms with Gasteiger partial charge in [-0.05, 0) is 42.5 Å². The molecule has 0 atom stereocenters. The summed E-state index contributed by atoms with van der Waals surface area (Å²) in [7, 11) is -2.08. The van der Waals surface area contributed by atoms with Crippen molar-refractivity contribution < 1.29 is 27.0 Å². The van der Waals surface area contributed by atoms with E-state index < -0.39 is 15.6 Å². The molecule has 2 aromatic carbocycles. The average molecular weight is 562 g/mol. The van der Waals surface area contributed by atoms with Gasteiger partial charge in [0.15, 0.2) is 5.76 Å². The minimum Gasteiger partial charge on any atom is -0.436 e. The predicted molar refractivity (Wildman–Crippen MR) is 150 cm³/mol. The molecule has 1 saturated heterocycles. The molecule has 0 aliphatic carbocycles. The molecule has 0 amide bonds. The molecule has 3 heterocycles. The monoisotopic (exact) mass is 561 g/mol. The van der Waals surface area contributed by atoms with E-state index >= 15 is 0 Å². The number of hydrogen-bond donors (Lipinski definition) is 1. The van der Waals surface area contributed by atoms with Crippen molar-refractivity contribution in [2.24, 2.45) is 5.14 Å². The van der Waals surface area contributed by atoms with Crippen molar-refractivity contribution in [3.05, 3.63) is 96.2 Å². The van der Waals surface area contributed by atoms with Gasteiger partial charge in [-0.2, -0.15) is 0 Å². The first-order chi connectivity index (χ1) is 19.4. The number of rotatable bonds is 10. The van der Waals surface area contributed by atoms with Crippen molar-refractivity contribution >= 4 is 16.1 Å². The Morgan fingerprint density at radius 1 is 0.950 bits per heavy atom. The summed E-state index contributed by atoms with van der Waals surface area (Å²) in [6.45, 7) is 1.97. The molecule has 40 heavy (non-hydrogen) atoms. The number of sulfonamides is 1. The Morgan fingerprint density at radius 3 is 2.40 bits per heavy atom. The van der Waals surface area contributed by atoms with Crippen molar-refractivity contribution in [2.45, 2.75) is 29.9 Å². The molecule has 0 bridgehead atoms. The molecule has 0 spiro atoms. The second kappa shape index (κ2) is 12.2. The number of nitrogens with zero attached hydrogens (tertiary/aromatic N) is 2. The van der Waals surface area contributed by atoms with Gasteiger partial charge in [0.05, 0.1) is 29.5 Å². The number of aromatic nitrogens is 2. The zero-order valence-corrected chi connectivity index (χ0v) is 23.0. The standard InChI is InChI=1S/C30H31N3O6S/c1-36-30(16-19-37-20-17-30)26-10-5-9-24(32-26)21-38-18-6-11-27-33-28(22-7-3-2-4-8-22)29(39-27)23-12-14-25(15-13-23)40(31,34)35/h2-15H,16-21H2,1H3,(H2,31,34,35). The summed E-state index contributed by atoms with van der Waals surface area (Å²) in [6, 6.07) is 21.7. The van der Waals surface area contributed by atoms with Gasteiger partial charge in [-0.15, -0.1) is 0 Å². The number of oxazole rings is 1. The van der Waals surface area contributed by atoms with Gasteiger partial charge in [0.1, 0.15) is 11.3 Å². The summed E-state index contributed by atoms with van der Waals surface area (Å²) in [6.07, 6.45) is 5.11. The molecule has 0 unspecified atom stereocenters. The van der Waals surface area contributed by atoms with Gasteiger partial charge >= 0.3 is 0 Å². The van der Waals surface area contributed by atoms with E-state index in [1.54, 1.807) is 25.3 Å². The number of benzene rings is 2. The van der Waals surface area contributed by atoms with Crippen LogP contribution in [0.5, 0.6) is 0 Å². The first-order valence-corrected chi connectivity index (χ1v) is 14.5. The lowest BCUT2D eigenvalue weighted by atomic mass is 9.90. The lowest BCUT2D eigenvalue weighted by Crippen LogP contribution is -2.36. The predicted octanol–water partition coefficient (Wildman–Crippen LogP) is 4.93. The number of primary sulfonamides is 1. The summed E-state index contributed by atoms with van der Waals surface area (Å²) >= 11 is 0. The third-order valence-electron chi connectivity index (χ3n) is 6.83. The van der Waals surface area contributed by atoms with Crippen LogP contribution in [0.2, 0.25) is 0 Å². The number of pyridine rings is 1. The van der Waals surface area contributed by atoms with Crippen LogP contribution in [0.4, 0.5) is 0 Å². The van der Waals surface area contributed by atoms with Crippen LogP contribution in [-0.2, 0) is 36.4 Å². The fourth-order valence-electron chi connectivity index (χ4n) is 4.65. The van der Waals surface area contributed by atoms with Crippen molar-refractivity contribution in [3.8, 4) is 22.6 Å². The van der Waals surface area contributed by atoms with E-state index in [4.69, 9.17) is 28.8 Å². The molecule has 0 saturated carbocycles. The van der Waals surface area contributed by atoms with E-state index in [1.807, 2.05) is 54.6 Å². The topological polar surface area (TPSA) is 127 Å². The second-order valence-electron chi connectivity index (χ2n) is 9.41. The Balaban J connectivity index is 1.28. The normalized spacial score (nSPS) is 15.4. The highest BCUT2D eigenvalue weighted by molar-refractivity contribution is 7.89. The van der Waals surface area contributed by atoms with Crippen molar-refractivity contribution in [1.29, 1.82) is 0 Å². The average Bonchev–Trinajstić information content (AvgIpc) is 3.42. The first kappa shape index (κ1) is 27.9. The molecule has 2 aromatic heterocycles. The zero-order valence-electron chi connectivity index (χ0n) is 22.2. The second-order valence-corrected chi connectivity index (χ2v) is 11.0. The Hall–Kier alpha value is -3.67. The summed E-state index contributed by atoms with van der Waals surface area (Å²) in [5.74, 6) is 0.920. The molecular formula is C30H31N3O6S. The van der Waals surface area contributed by atoms with Crippen LogP contribution in [0.1, 0.15) is 30.1 Å². The third-order valence-corrected chi connectivity index (χ3v) is 7.75. The summed E-state index contributed by atoms with van der Waals surface area (Å²) in [5, 5.41) is 5.24. The molecule has 1 aliphatic heterocycles. The highest BCUT2D eigenvalue weighted by atomic mass is 32.2. The van der Waals surface area contributed by atoms with Gasteiger partial charge in [-0.25, -0.2) is 18.5 Å². The SMILES string of the molecule is COC1(c2cccc(COCC=Cc3nc(-c4ccccc4)c(-c4ccc(S(N)(=O)=O)cc4)o3)n2)CCOCC1. The highest BCUT2D eigenvalue weighted by Crippen LogP contribution is 2.35. The summed E-state index contributed by atoms with van der Waals surface area (Å²) in [4.78, 5) is 9.50. The smallest absolute Gasteiger partial charge is 0.238 e. The van der Waals surface area contributed by atoms with Gasteiger partial charge in [-0.3, -0.25) is 4.98 Å².